The average molecular weight is 250 g/mol. The van der Waals surface area contributed by atoms with Crippen molar-refractivity contribution >= 4 is 11.9 Å². The zero-order valence-electron chi connectivity index (χ0n) is 10.5. The van der Waals surface area contributed by atoms with Gasteiger partial charge in [0.1, 0.15) is 0 Å². The molecular formula is C14H18O4. The van der Waals surface area contributed by atoms with E-state index in [4.69, 9.17) is 5.11 Å². The van der Waals surface area contributed by atoms with Gasteiger partial charge in [-0.25, -0.2) is 4.79 Å². The molecule has 1 atom stereocenters. The van der Waals surface area contributed by atoms with Crippen molar-refractivity contribution in [2.24, 2.45) is 11.3 Å². The van der Waals surface area contributed by atoms with Crippen molar-refractivity contribution in [1.29, 1.82) is 0 Å². The molecule has 0 aromatic rings. The van der Waals surface area contributed by atoms with Crippen molar-refractivity contribution in [3.8, 4) is 0 Å². The fraction of sp³-hybridized carbons (Fsp3) is 0.571. The van der Waals surface area contributed by atoms with E-state index in [2.05, 4.69) is 0 Å². The smallest absolute Gasteiger partial charge is 0.331 e. The molecule has 4 heteroatoms. The van der Waals surface area contributed by atoms with Crippen LogP contribution in [0.4, 0.5) is 0 Å². The molecule has 0 saturated heterocycles. The Labute approximate surface area is 106 Å². The highest BCUT2D eigenvalue weighted by molar-refractivity contribution is 5.90. The van der Waals surface area contributed by atoms with Gasteiger partial charge in [-0.3, -0.25) is 4.79 Å². The van der Waals surface area contributed by atoms with Gasteiger partial charge in [0.2, 0.25) is 0 Å². The fourth-order valence-electron chi connectivity index (χ4n) is 2.88. The Kier molecular flexibility index (Phi) is 3.28. The first-order valence-electron chi connectivity index (χ1n) is 6.32. The number of carboxylic acid groups (broad SMARTS) is 2. The number of allylic oxidation sites excluding steroid dienone is 2. The third-order valence-corrected chi connectivity index (χ3v) is 3.97. The van der Waals surface area contributed by atoms with Crippen molar-refractivity contribution in [2.75, 3.05) is 0 Å². The van der Waals surface area contributed by atoms with E-state index in [1.165, 1.54) is 0 Å². The molecule has 0 amide bonds. The number of carbonyl (C=O) groups is 2. The van der Waals surface area contributed by atoms with Crippen LogP contribution in [-0.4, -0.2) is 22.2 Å². The molecule has 2 rings (SSSR count). The number of hydrogen-bond donors (Lipinski definition) is 2. The zero-order valence-corrected chi connectivity index (χ0v) is 10.5. The lowest BCUT2D eigenvalue weighted by Crippen LogP contribution is -2.30. The molecule has 98 valence electrons. The molecule has 0 bridgehead atoms. The van der Waals surface area contributed by atoms with E-state index in [0.717, 1.165) is 31.3 Å². The summed E-state index contributed by atoms with van der Waals surface area (Å²) in [5.41, 5.74) is 0.0331. The Hall–Kier alpha value is -1.58. The van der Waals surface area contributed by atoms with Gasteiger partial charge >= 0.3 is 11.9 Å². The van der Waals surface area contributed by atoms with Crippen LogP contribution in [0.3, 0.4) is 0 Å². The van der Waals surface area contributed by atoms with E-state index in [-0.39, 0.29) is 12.0 Å². The van der Waals surface area contributed by atoms with Crippen LogP contribution in [0.25, 0.3) is 0 Å². The molecule has 0 radical (unpaired) electrons. The van der Waals surface area contributed by atoms with Gasteiger partial charge in [-0.15, -0.1) is 0 Å². The lowest BCUT2D eigenvalue weighted by atomic mass is 9.75. The summed E-state index contributed by atoms with van der Waals surface area (Å²) in [6, 6.07) is 0. The van der Waals surface area contributed by atoms with Crippen LogP contribution in [0.1, 0.15) is 39.0 Å². The average Bonchev–Trinajstić information content (AvgIpc) is 2.81. The van der Waals surface area contributed by atoms with Crippen LogP contribution in [-0.2, 0) is 9.59 Å². The Bertz CT molecular complexity index is 441. The first kappa shape index (κ1) is 12.9. The van der Waals surface area contributed by atoms with Crippen LogP contribution < -0.4 is 0 Å². The maximum absolute atomic E-state index is 11.3. The molecule has 4 nitrogen and oxygen atoms in total. The second-order valence-corrected chi connectivity index (χ2v) is 5.50. The Balaban J connectivity index is 2.36. The summed E-state index contributed by atoms with van der Waals surface area (Å²) in [5.74, 6) is -1.63. The second kappa shape index (κ2) is 4.59. The molecular weight excluding hydrogens is 232 g/mol. The van der Waals surface area contributed by atoms with Gasteiger partial charge < -0.3 is 10.2 Å². The largest absolute Gasteiger partial charge is 0.481 e. The van der Waals surface area contributed by atoms with E-state index in [9.17, 15) is 14.7 Å². The van der Waals surface area contributed by atoms with Crippen LogP contribution in [0, 0.1) is 11.3 Å². The predicted molar refractivity (Wildman–Crippen MR) is 66.1 cm³/mol. The topological polar surface area (TPSA) is 74.6 Å². The lowest BCUT2D eigenvalue weighted by molar-refractivity contribution is -0.145. The lowest BCUT2D eigenvalue weighted by Gasteiger charge is -2.28. The van der Waals surface area contributed by atoms with E-state index < -0.39 is 17.4 Å². The van der Waals surface area contributed by atoms with Crippen molar-refractivity contribution < 1.29 is 19.8 Å². The van der Waals surface area contributed by atoms with Gasteiger partial charge in [0.15, 0.2) is 0 Å². The van der Waals surface area contributed by atoms with Gasteiger partial charge in [0.05, 0.1) is 5.41 Å². The molecule has 0 aromatic heterocycles. The SMILES string of the molecule is CC1(C(=O)O)C=C(C2CCCC2)C=C(C(=O)O)C1. The van der Waals surface area contributed by atoms with E-state index in [0.29, 0.717) is 5.92 Å². The second-order valence-electron chi connectivity index (χ2n) is 5.50. The number of rotatable bonds is 3. The molecule has 0 aliphatic heterocycles. The normalized spacial score (nSPS) is 28.7. The van der Waals surface area contributed by atoms with Gasteiger partial charge in [-0.2, -0.15) is 0 Å². The van der Waals surface area contributed by atoms with Gasteiger partial charge in [0, 0.05) is 5.57 Å². The molecule has 0 heterocycles. The minimum absolute atomic E-state index is 0.0634. The molecule has 2 N–H and O–H groups in total. The summed E-state index contributed by atoms with van der Waals surface area (Å²) < 4.78 is 0. The Morgan fingerprint density at radius 3 is 2.39 bits per heavy atom. The van der Waals surface area contributed by atoms with Gasteiger partial charge in [-0.1, -0.05) is 18.9 Å². The minimum atomic E-state index is -1.08. The molecule has 18 heavy (non-hydrogen) atoms. The van der Waals surface area contributed by atoms with Crippen LogP contribution in [0.2, 0.25) is 0 Å². The van der Waals surface area contributed by atoms with Gasteiger partial charge in [-0.05, 0) is 43.8 Å². The zero-order chi connectivity index (χ0) is 13.3. The highest BCUT2D eigenvalue weighted by Gasteiger charge is 2.38. The molecule has 1 saturated carbocycles. The molecule has 0 aromatic carbocycles. The van der Waals surface area contributed by atoms with Crippen molar-refractivity contribution in [3.05, 3.63) is 23.3 Å². The predicted octanol–water partition coefficient (Wildman–Crippen LogP) is 2.61. The molecule has 2 aliphatic carbocycles. The van der Waals surface area contributed by atoms with E-state index in [1.807, 2.05) is 0 Å². The summed E-state index contributed by atoms with van der Waals surface area (Å²) in [6.07, 6.45) is 7.86. The quantitative estimate of drug-likeness (QED) is 0.807. The van der Waals surface area contributed by atoms with Gasteiger partial charge in [0.25, 0.3) is 0 Å². The summed E-state index contributed by atoms with van der Waals surface area (Å²) in [5, 5.41) is 18.4. The summed E-state index contributed by atoms with van der Waals surface area (Å²) in [6.45, 7) is 1.60. The maximum Gasteiger partial charge on any atom is 0.331 e. The number of hydrogen-bond acceptors (Lipinski definition) is 2. The van der Waals surface area contributed by atoms with Crippen molar-refractivity contribution in [2.45, 2.75) is 39.0 Å². The standard InChI is InChI=1S/C14H18O4/c1-14(13(17)18)7-10(9-4-2-3-5-9)6-11(8-14)12(15)16/h6-7,9H,2-5,8H2,1H3,(H,15,16)(H,17,18). The highest BCUT2D eigenvalue weighted by atomic mass is 16.4. The van der Waals surface area contributed by atoms with E-state index >= 15 is 0 Å². The summed E-state index contributed by atoms with van der Waals surface area (Å²) in [7, 11) is 0. The van der Waals surface area contributed by atoms with E-state index in [1.54, 1.807) is 19.1 Å². The molecule has 1 unspecified atom stereocenters. The monoisotopic (exact) mass is 250 g/mol. The van der Waals surface area contributed by atoms with Crippen LogP contribution >= 0.6 is 0 Å². The first-order chi connectivity index (χ1) is 8.42. The minimum Gasteiger partial charge on any atom is -0.481 e. The van der Waals surface area contributed by atoms with Crippen LogP contribution in [0.5, 0.6) is 0 Å². The summed E-state index contributed by atoms with van der Waals surface area (Å²) >= 11 is 0. The highest BCUT2D eigenvalue weighted by Crippen LogP contribution is 2.40. The summed E-state index contributed by atoms with van der Waals surface area (Å²) in [4.78, 5) is 22.5. The Morgan fingerprint density at radius 2 is 1.89 bits per heavy atom. The van der Waals surface area contributed by atoms with Crippen LogP contribution in [0.15, 0.2) is 23.3 Å². The fourth-order valence-corrected chi connectivity index (χ4v) is 2.88. The molecule has 0 spiro atoms. The van der Waals surface area contributed by atoms with Crippen molar-refractivity contribution in [1.82, 2.24) is 0 Å². The number of carboxylic acids is 2. The molecule has 2 aliphatic rings. The first-order valence-corrected chi connectivity index (χ1v) is 6.32. The third-order valence-electron chi connectivity index (χ3n) is 3.97. The third kappa shape index (κ3) is 2.33. The number of aliphatic carboxylic acids is 2. The maximum atomic E-state index is 11.3. The van der Waals surface area contributed by atoms with Crippen molar-refractivity contribution in [3.63, 3.8) is 0 Å². The Morgan fingerprint density at radius 1 is 1.28 bits per heavy atom. The molecule has 1 fully saturated rings.